The second-order valence-electron chi connectivity index (χ2n) is 3.96. The summed E-state index contributed by atoms with van der Waals surface area (Å²) in [7, 11) is 0. The molecule has 17 heavy (non-hydrogen) atoms. The van der Waals surface area contributed by atoms with Crippen molar-refractivity contribution in [2.24, 2.45) is 0 Å². The van der Waals surface area contributed by atoms with Gasteiger partial charge in [-0.25, -0.2) is 9.37 Å². The third-order valence-corrected chi connectivity index (χ3v) is 3.13. The maximum absolute atomic E-state index is 13.8. The summed E-state index contributed by atoms with van der Waals surface area (Å²) in [4.78, 5) is 7.46. The van der Waals surface area contributed by atoms with Crippen molar-refractivity contribution in [2.45, 2.75) is 13.3 Å². The van der Waals surface area contributed by atoms with E-state index in [1.807, 2.05) is 13.0 Å². The number of rotatable bonds is 1. The lowest BCUT2D eigenvalue weighted by molar-refractivity contribution is 0.640. The van der Waals surface area contributed by atoms with E-state index in [4.69, 9.17) is 11.6 Å². The number of aryl methyl sites for hydroxylation is 1. The Balaban J connectivity index is 2.57. The van der Waals surface area contributed by atoms with Gasteiger partial charge in [0, 0.05) is 16.3 Å². The van der Waals surface area contributed by atoms with E-state index < -0.39 is 0 Å². The minimum atomic E-state index is -0.238. The number of nitrogens with one attached hydrogen (secondary N) is 1. The molecule has 0 bridgehead atoms. The Labute approximate surface area is 102 Å². The zero-order valence-corrected chi connectivity index (χ0v) is 9.98. The first-order valence-corrected chi connectivity index (χ1v) is 5.84. The maximum atomic E-state index is 13.8. The van der Waals surface area contributed by atoms with E-state index in [1.165, 1.54) is 6.07 Å². The van der Waals surface area contributed by atoms with Crippen molar-refractivity contribution >= 4 is 33.4 Å². The van der Waals surface area contributed by atoms with Crippen molar-refractivity contribution in [1.29, 1.82) is 0 Å². The molecule has 2 aromatic heterocycles. The number of aromatic amines is 1. The molecule has 0 aliphatic carbocycles. The van der Waals surface area contributed by atoms with E-state index >= 15 is 0 Å². The van der Waals surface area contributed by atoms with Crippen molar-refractivity contribution < 1.29 is 4.39 Å². The predicted octanol–water partition coefficient (Wildman–Crippen LogP) is 4.07. The minimum Gasteiger partial charge on any atom is -0.353 e. The third kappa shape index (κ3) is 1.50. The van der Waals surface area contributed by atoms with Gasteiger partial charge in [-0.05, 0) is 24.6 Å². The van der Waals surface area contributed by atoms with Gasteiger partial charge in [0.1, 0.15) is 11.0 Å². The molecule has 1 aromatic carbocycles. The number of nitrogens with zero attached hydrogens (tertiary/aromatic N) is 1. The molecule has 86 valence electrons. The number of hydrogen-bond acceptors (Lipinski definition) is 1. The van der Waals surface area contributed by atoms with Crippen LogP contribution in [-0.4, -0.2) is 9.97 Å². The van der Waals surface area contributed by atoms with Crippen molar-refractivity contribution in [1.82, 2.24) is 9.97 Å². The number of benzene rings is 1. The Morgan fingerprint density at radius 3 is 3.00 bits per heavy atom. The van der Waals surface area contributed by atoms with Crippen molar-refractivity contribution in [3.63, 3.8) is 0 Å². The Morgan fingerprint density at radius 1 is 1.41 bits per heavy atom. The number of hydrogen-bond donors (Lipinski definition) is 1. The molecule has 0 radical (unpaired) electrons. The van der Waals surface area contributed by atoms with E-state index in [0.29, 0.717) is 10.5 Å². The third-order valence-electron chi connectivity index (χ3n) is 2.94. The summed E-state index contributed by atoms with van der Waals surface area (Å²) in [6.45, 7) is 2.00. The fourth-order valence-electron chi connectivity index (χ4n) is 2.19. The lowest BCUT2D eigenvalue weighted by Crippen LogP contribution is -1.89. The largest absolute Gasteiger partial charge is 0.353 e. The average molecular weight is 249 g/mol. The Morgan fingerprint density at radius 2 is 2.24 bits per heavy atom. The van der Waals surface area contributed by atoms with Crippen LogP contribution in [0.4, 0.5) is 4.39 Å². The Hall–Kier alpha value is -1.61. The zero-order chi connectivity index (χ0) is 12.0. The summed E-state index contributed by atoms with van der Waals surface area (Å²) in [6, 6.07) is 6.70. The van der Waals surface area contributed by atoms with Gasteiger partial charge >= 0.3 is 0 Å². The molecule has 4 heteroatoms. The molecule has 0 saturated carbocycles. The van der Waals surface area contributed by atoms with Crippen LogP contribution in [0.15, 0.2) is 24.3 Å². The van der Waals surface area contributed by atoms with Crippen LogP contribution < -0.4 is 0 Å². The van der Waals surface area contributed by atoms with Crippen LogP contribution in [0.25, 0.3) is 21.8 Å². The van der Waals surface area contributed by atoms with Gasteiger partial charge in [-0.2, -0.15) is 0 Å². The van der Waals surface area contributed by atoms with Crippen molar-refractivity contribution in [2.75, 3.05) is 0 Å². The SMILES string of the molecule is CCc1nc(Cl)cc2c1[nH]c1cccc(F)c12. The van der Waals surface area contributed by atoms with Crippen LogP contribution in [-0.2, 0) is 6.42 Å². The number of pyridine rings is 1. The topological polar surface area (TPSA) is 28.7 Å². The standard InChI is InChI=1S/C13H10ClFN2/c1-2-9-13-7(6-11(14)16-9)12-8(15)4-3-5-10(12)17-13/h3-6,17H,2H2,1H3. The summed E-state index contributed by atoms with van der Waals surface area (Å²) in [5.41, 5.74) is 2.51. The van der Waals surface area contributed by atoms with Crippen LogP contribution in [0.1, 0.15) is 12.6 Å². The summed E-state index contributed by atoms with van der Waals surface area (Å²) in [5.74, 6) is -0.238. The Bertz CT molecular complexity index is 718. The van der Waals surface area contributed by atoms with E-state index in [1.54, 1.807) is 12.1 Å². The predicted molar refractivity (Wildman–Crippen MR) is 67.9 cm³/mol. The fourth-order valence-corrected chi connectivity index (χ4v) is 2.40. The van der Waals surface area contributed by atoms with Crippen LogP contribution in [0.2, 0.25) is 5.15 Å². The van der Waals surface area contributed by atoms with Crippen LogP contribution in [0.5, 0.6) is 0 Å². The van der Waals surface area contributed by atoms with Crippen LogP contribution in [0.3, 0.4) is 0 Å². The molecule has 0 atom stereocenters. The van der Waals surface area contributed by atoms with Gasteiger partial charge < -0.3 is 4.98 Å². The molecule has 0 fully saturated rings. The first-order valence-electron chi connectivity index (χ1n) is 5.46. The molecule has 0 aliphatic heterocycles. The molecule has 0 aliphatic rings. The fraction of sp³-hybridized carbons (Fsp3) is 0.154. The van der Waals surface area contributed by atoms with Crippen molar-refractivity contribution in [3.8, 4) is 0 Å². The van der Waals surface area contributed by atoms with Gasteiger partial charge in [-0.1, -0.05) is 24.6 Å². The van der Waals surface area contributed by atoms with E-state index in [9.17, 15) is 4.39 Å². The smallest absolute Gasteiger partial charge is 0.133 e. The highest BCUT2D eigenvalue weighted by Gasteiger charge is 2.12. The lowest BCUT2D eigenvalue weighted by Gasteiger charge is -1.99. The molecule has 0 spiro atoms. The molecule has 3 rings (SSSR count). The lowest BCUT2D eigenvalue weighted by atomic mass is 10.1. The Kier molecular flexibility index (Phi) is 2.30. The summed E-state index contributed by atoms with van der Waals surface area (Å²) >= 11 is 5.96. The van der Waals surface area contributed by atoms with E-state index in [-0.39, 0.29) is 5.82 Å². The summed E-state index contributed by atoms with van der Waals surface area (Å²) < 4.78 is 13.8. The molecule has 0 amide bonds. The first kappa shape index (κ1) is 10.5. The molecular formula is C13H10ClFN2. The number of aromatic nitrogens is 2. The quantitative estimate of drug-likeness (QED) is 0.646. The van der Waals surface area contributed by atoms with E-state index in [0.717, 1.165) is 28.5 Å². The molecule has 2 heterocycles. The highest BCUT2D eigenvalue weighted by atomic mass is 35.5. The number of fused-ring (bicyclic) bond motifs is 3. The van der Waals surface area contributed by atoms with Crippen LogP contribution in [0, 0.1) is 5.82 Å². The van der Waals surface area contributed by atoms with Gasteiger partial charge in [0.2, 0.25) is 0 Å². The highest BCUT2D eigenvalue weighted by molar-refractivity contribution is 6.30. The van der Waals surface area contributed by atoms with Gasteiger partial charge in [-0.15, -0.1) is 0 Å². The van der Waals surface area contributed by atoms with E-state index in [2.05, 4.69) is 9.97 Å². The summed E-state index contributed by atoms with van der Waals surface area (Å²) in [6.07, 6.45) is 0.755. The molecule has 1 N–H and O–H groups in total. The maximum Gasteiger partial charge on any atom is 0.133 e. The monoisotopic (exact) mass is 248 g/mol. The number of H-pyrrole nitrogens is 1. The number of halogens is 2. The van der Waals surface area contributed by atoms with Gasteiger partial charge in [0.25, 0.3) is 0 Å². The molecule has 0 saturated heterocycles. The second kappa shape index (κ2) is 3.70. The second-order valence-corrected chi connectivity index (χ2v) is 4.34. The molecular weight excluding hydrogens is 239 g/mol. The minimum absolute atomic E-state index is 0.238. The van der Waals surface area contributed by atoms with Crippen LogP contribution >= 0.6 is 11.6 Å². The average Bonchev–Trinajstić information content (AvgIpc) is 2.67. The molecule has 0 unspecified atom stereocenters. The summed E-state index contributed by atoms with van der Waals surface area (Å²) in [5, 5.41) is 1.79. The van der Waals surface area contributed by atoms with Gasteiger partial charge in [0.05, 0.1) is 11.2 Å². The van der Waals surface area contributed by atoms with Gasteiger partial charge in [0.15, 0.2) is 0 Å². The molecule has 3 aromatic rings. The highest BCUT2D eigenvalue weighted by Crippen LogP contribution is 2.30. The molecule has 2 nitrogen and oxygen atoms in total. The first-order chi connectivity index (χ1) is 8.20. The zero-order valence-electron chi connectivity index (χ0n) is 9.22. The normalized spacial score (nSPS) is 11.5. The van der Waals surface area contributed by atoms with Gasteiger partial charge in [-0.3, -0.25) is 0 Å². The van der Waals surface area contributed by atoms with Crippen molar-refractivity contribution in [3.05, 3.63) is 40.9 Å².